The average molecular weight is 240 g/mol. The number of nitrogens with one attached hydrogen (secondary N) is 1. The van der Waals surface area contributed by atoms with Gasteiger partial charge in [0.2, 0.25) is 0 Å². The molecule has 0 fully saturated rings. The predicted octanol–water partition coefficient (Wildman–Crippen LogP) is 2.35. The molecule has 0 radical (unpaired) electrons. The van der Waals surface area contributed by atoms with Gasteiger partial charge >= 0.3 is 0 Å². The molecule has 78 valence electrons. The Balaban J connectivity index is 2.31. The van der Waals surface area contributed by atoms with Crippen molar-refractivity contribution in [3.8, 4) is 0 Å². The highest BCUT2D eigenvalue weighted by Crippen LogP contribution is 2.23. The second-order valence-corrected chi connectivity index (χ2v) is 4.24. The lowest BCUT2D eigenvalue weighted by Gasteiger charge is -2.14. The quantitative estimate of drug-likeness (QED) is 0.491. The molecule has 0 aliphatic rings. The molecule has 3 nitrogen and oxygen atoms in total. The van der Waals surface area contributed by atoms with E-state index in [0.717, 1.165) is 11.1 Å². The molecule has 15 heavy (non-hydrogen) atoms. The molecule has 2 aromatic rings. The first-order valence-electron chi connectivity index (χ1n) is 4.41. The van der Waals surface area contributed by atoms with Crippen LogP contribution in [0.1, 0.15) is 17.2 Å². The topological polar surface area (TPSA) is 50.9 Å². The van der Waals surface area contributed by atoms with Gasteiger partial charge in [0, 0.05) is 6.20 Å². The molecule has 0 amide bonds. The number of pyridine rings is 1. The van der Waals surface area contributed by atoms with E-state index in [1.165, 1.54) is 0 Å². The largest absolute Gasteiger partial charge is 0.271 e. The lowest BCUT2D eigenvalue weighted by molar-refractivity contribution is 0.636. The van der Waals surface area contributed by atoms with E-state index in [4.69, 9.17) is 17.4 Å². The fourth-order valence-corrected chi connectivity index (χ4v) is 2.18. The summed E-state index contributed by atoms with van der Waals surface area (Å²) in [7, 11) is 0. The third-order valence-electron chi connectivity index (χ3n) is 2.13. The molecule has 2 aromatic heterocycles. The Bertz CT molecular complexity index is 413. The summed E-state index contributed by atoms with van der Waals surface area (Å²) in [5, 5.41) is 4.56. The van der Waals surface area contributed by atoms with E-state index in [0.29, 0.717) is 5.15 Å². The molecule has 5 heteroatoms. The van der Waals surface area contributed by atoms with Gasteiger partial charge in [0.15, 0.2) is 0 Å². The number of hydrogen-bond acceptors (Lipinski definition) is 4. The molecule has 0 bridgehead atoms. The summed E-state index contributed by atoms with van der Waals surface area (Å²) in [5.74, 6) is 5.53. The molecule has 1 atom stereocenters. The second kappa shape index (κ2) is 4.72. The van der Waals surface area contributed by atoms with Crippen LogP contribution in [0.25, 0.3) is 0 Å². The van der Waals surface area contributed by atoms with Gasteiger partial charge in [0.1, 0.15) is 5.15 Å². The van der Waals surface area contributed by atoms with Crippen molar-refractivity contribution in [3.05, 3.63) is 51.4 Å². The van der Waals surface area contributed by atoms with Gasteiger partial charge < -0.3 is 0 Å². The van der Waals surface area contributed by atoms with Gasteiger partial charge in [-0.05, 0) is 34.0 Å². The zero-order valence-electron chi connectivity index (χ0n) is 7.85. The molecule has 3 N–H and O–H groups in total. The normalized spacial score (nSPS) is 12.7. The summed E-state index contributed by atoms with van der Waals surface area (Å²) in [6.45, 7) is 0. The van der Waals surface area contributed by atoms with E-state index in [-0.39, 0.29) is 6.04 Å². The van der Waals surface area contributed by atoms with E-state index in [1.807, 2.05) is 17.5 Å². The summed E-state index contributed by atoms with van der Waals surface area (Å²) >= 11 is 7.36. The van der Waals surface area contributed by atoms with Crippen molar-refractivity contribution in [3.63, 3.8) is 0 Å². The fraction of sp³-hybridized carbons (Fsp3) is 0.100. The molecular formula is C10H10ClN3S. The maximum absolute atomic E-state index is 5.72. The van der Waals surface area contributed by atoms with E-state index < -0.39 is 0 Å². The van der Waals surface area contributed by atoms with E-state index in [2.05, 4.69) is 15.8 Å². The van der Waals surface area contributed by atoms with Crippen LogP contribution in [-0.4, -0.2) is 4.98 Å². The Kier molecular flexibility index (Phi) is 3.33. The first kappa shape index (κ1) is 10.6. The van der Waals surface area contributed by atoms with Crippen LogP contribution in [0.15, 0.2) is 35.2 Å². The van der Waals surface area contributed by atoms with Crippen molar-refractivity contribution in [2.75, 3.05) is 0 Å². The van der Waals surface area contributed by atoms with Crippen molar-refractivity contribution in [1.82, 2.24) is 10.4 Å². The van der Waals surface area contributed by atoms with Crippen molar-refractivity contribution in [2.45, 2.75) is 6.04 Å². The van der Waals surface area contributed by atoms with E-state index in [9.17, 15) is 0 Å². The van der Waals surface area contributed by atoms with Crippen LogP contribution in [-0.2, 0) is 0 Å². The monoisotopic (exact) mass is 239 g/mol. The first-order chi connectivity index (χ1) is 7.31. The van der Waals surface area contributed by atoms with Gasteiger partial charge in [0.05, 0.1) is 6.04 Å². The average Bonchev–Trinajstić information content (AvgIpc) is 2.75. The third-order valence-corrected chi connectivity index (χ3v) is 3.05. The van der Waals surface area contributed by atoms with Gasteiger partial charge in [-0.3, -0.25) is 5.84 Å². The Labute approximate surface area is 96.9 Å². The van der Waals surface area contributed by atoms with Crippen LogP contribution in [0.3, 0.4) is 0 Å². The molecule has 0 spiro atoms. The lowest BCUT2D eigenvalue weighted by atomic mass is 10.0. The molecular weight excluding hydrogens is 230 g/mol. The number of nitrogens with two attached hydrogens (primary N) is 1. The van der Waals surface area contributed by atoms with Gasteiger partial charge in [-0.2, -0.15) is 11.3 Å². The minimum atomic E-state index is -0.0268. The highest BCUT2D eigenvalue weighted by atomic mass is 35.5. The first-order valence-corrected chi connectivity index (χ1v) is 5.73. The van der Waals surface area contributed by atoms with Gasteiger partial charge in [0.25, 0.3) is 0 Å². The highest BCUT2D eigenvalue weighted by molar-refractivity contribution is 7.08. The van der Waals surface area contributed by atoms with Gasteiger partial charge in [-0.1, -0.05) is 17.7 Å². The zero-order valence-corrected chi connectivity index (χ0v) is 9.42. The Morgan fingerprint density at radius 1 is 1.33 bits per heavy atom. The maximum atomic E-state index is 5.72. The van der Waals surface area contributed by atoms with Gasteiger partial charge in [-0.25, -0.2) is 10.4 Å². The van der Waals surface area contributed by atoms with Crippen LogP contribution in [0.4, 0.5) is 0 Å². The van der Waals surface area contributed by atoms with Crippen molar-refractivity contribution >= 4 is 22.9 Å². The molecule has 0 saturated heterocycles. The Morgan fingerprint density at radius 3 is 2.73 bits per heavy atom. The van der Waals surface area contributed by atoms with Crippen LogP contribution in [0.5, 0.6) is 0 Å². The number of nitrogens with zero attached hydrogens (tertiary/aromatic N) is 1. The number of rotatable bonds is 3. The Morgan fingerprint density at radius 2 is 2.20 bits per heavy atom. The van der Waals surface area contributed by atoms with Crippen molar-refractivity contribution in [2.24, 2.45) is 5.84 Å². The number of aromatic nitrogens is 1. The van der Waals surface area contributed by atoms with Gasteiger partial charge in [-0.15, -0.1) is 0 Å². The summed E-state index contributed by atoms with van der Waals surface area (Å²) in [6.07, 6.45) is 1.73. The molecule has 0 saturated carbocycles. The molecule has 2 rings (SSSR count). The smallest absolute Gasteiger partial charge is 0.129 e. The zero-order chi connectivity index (χ0) is 10.7. The number of halogens is 1. The minimum absolute atomic E-state index is 0.0268. The van der Waals surface area contributed by atoms with Crippen molar-refractivity contribution < 1.29 is 0 Å². The molecule has 0 aromatic carbocycles. The summed E-state index contributed by atoms with van der Waals surface area (Å²) in [6, 6.07) is 5.68. The molecule has 0 aliphatic carbocycles. The number of thiophene rings is 1. The SMILES string of the molecule is NNC(c1ccc(Cl)nc1)c1ccsc1. The third kappa shape index (κ3) is 2.35. The van der Waals surface area contributed by atoms with E-state index >= 15 is 0 Å². The van der Waals surface area contributed by atoms with Crippen LogP contribution < -0.4 is 11.3 Å². The second-order valence-electron chi connectivity index (χ2n) is 3.07. The minimum Gasteiger partial charge on any atom is -0.271 e. The summed E-state index contributed by atoms with van der Waals surface area (Å²) < 4.78 is 0. The molecule has 1 unspecified atom stereocenters. The standard InChI is InChI=1S/C10H10ClN3S/c11-9-2-1-7(5-13-9)10(14-12)8-3-4-15-6-8/h1-6,10,14H,12H2. The molecule has 2 heterocycles. The maximum Gasteiger partial charge on any atom is 0.129 e. The summed E-state index contributed by atoms with van der Waals surface area (Å²) in [5.41, 5.74) is 4.90. The van der Waals surface area contributed by atoms with Crippen LogP contribution in [0.2, 0.25) is 5.15 Å². The summed E-state index contributed by atoms with van der Waals surface area (Å²) in [4.78, 5) is 4.03. The van der Waals surface area contributed by atoms with E-state index in [1.54, 1.807) is 23.6 Å². The fourth-order valence-electron chi connectivity index (χ4n) is 1.38. The Hall–Kier alpha value is -0.940. The molecule has 0 aliphatic heterocycles. The lowest BCUT2D eigenvalue weighted by Crippen LogP contribution is -2.28. The highest BCUT2D eigenvalue weighted by Gasteiger charge is 2.12. The number of hydrazine groups is 1. The van der Waals surface area contributed by atoms with Crippen molar-refractivity contribution in [1.29, 1.82) is 0 Å². The predicted molar refractivity (Wildman–Crippen MR) is 62.7 cm³/mol. The van der Waals surface area contributed by atoms with Crippen LogP contribution in [0, 0.1) is 0 Å². The number of hydrogen-bond donors (Lipinski definition) is 2. The van der Waals surface area contributed by atoms with Crippen LogP contribution >= 0.6 is 22.9 Å².